The molecule has 3 aromatic rings. The highest BCUT2D eigenvalue weighted by Gasteiger charge is 2.27. The molecule has 4 rings (SSSR count). The Morgan fingerprint density at radius 3 is 2.81 bits per heavy atom. The van der Waals surface area contributed by atoms with Crippen molar-refractivity contribution in [3.8, 4) is 17.1 Å². The SMILES string of the molecule is COc1ccc(CN2CCC(n3c(C)cnc3-c3cccnc3)C2)cc1C. The third kappa shape index (κ3) is 3.60. The van der Waals surface area contributed by atoms with Crippen LogP contribution in [0.25, 0.3) is 11.4 Å². The molecule has 1 saturated heterocycles. The second kappa shape index (κ2) is 7.53. The van der Waals surface area contributed by atoms with E-state index in [1.165, 1.54) is 16.8 Å². The molecular weight excluding hydrogens is 336 g/mol. The fourth-order valence-corrected chi connectivity index (χ4v) is 4.08. The van der Waals surface area contributed by atoms with Crippen molar-refractivity contribution in [1.82, 2.24) is 19.4 Å². The lowest BCUT2D eigenvalue weighted by molar-refractivity contribution is 0.315. The Morgan fingerprint density at radius 2 is 2.07 bits per heavy atom. The fourth-order valence-electron chi connectivity index (χ4n) is 4.08. The van der Waals surface area contributed by atoms with Crippen molar-refractivity contribution in [1.29, 1.82) is 0 Å². The van der Waals surface area contributed by atoms with E-state index in [1.807, 2.05) is 18.5 Å². The van der Waals surface area contributed by atoms with Gasteiger partial charge in [0.1, 0.15) is 11.6 Å². The van der Waals surface area contributed by atoms with Crippen LogP contribution >= 0.6 is 0 Å². The van der Waals surface area contributed by atoms with Crippen molar-refractivity contribution >= 4 is 0 Å². The van der Waals surface area contributed by atoms with E-state index in [0.717, 1.165) is 43.2 Å². The molecule has 0 amide bonds. The molecule has 1 aromatic carbocycles. The number of nitrogens with zero attached hydrogens (tertiary/aromatic N) is 4. The highest BCUT2D eigenvalue weighted by molar-refractivity contribution is 5.54. The summed E-state index contributed by atoms with van der Waals surface area (Å²) in [5.74, 6) is 1.97. The average Bonchev–Trinajstić information content (AvgIpc) is 3.29. The number of hydrogen-bond donors (Lipinski definition) is 0. The van der Waals surface area contributed by atoms with E-state index in [1.54, 1.807) is 13.3 Å². The maximum Gasteiger partial charge on any atom is 0.141 e. The Bertz CT molecular complexity index is 919. The minimum absolute atomic E-state index is 0.446. The molecule has 2 aromatic heterocycles. The van der Waals surface area contributed by atoms with Crippen LogP contribution in [-0.4, -0.2) is 39.6 Å². The number of hydrogen-bond acceptors (Lipinski definition) is 4. The largest absolute Gasteiger partial charge is 0.496 e. The lowest BCUT2D eigenvalue weighted by Gasteiger charge is -2.20. The van der Waals surface area contributed by atoms with Gasteiger partial charge in [0, 0.05) is 55.5 Å². The highest BCUT2D eigenvalue weighted by atomic mass is 16.5. The summed E-state index contributed by atoms with van der Waals surface area (Å²) in [6.07, 6.45) is 6.81. The van der Waals surface area contributed by atoms with Crippen LogP contribution < -0.4 is 4.74 Å². The van der Waals surface area contributed by atoms with Crippen molar-refractivity contribution in [2.45, 2.75) is 32.9 Å². The van der Waals surface area contributed by atoms with Gasteiger partial charge in [0.05, 0.1) is 7.11 Å². The number of benzene rings is 1. The number of imidazole rings is 1. The molecule has 5 nitrogen and oxygen atoms in total. The molecule has 27 heavy (non-hydrogen) atoms. The van der Waals surface area contributed by atoms with Gasteiger partial charge in [0.15, 0.2) is 0 Å². The van der Waals surface area contributed by atoms with Crippen molar-refractivity contribution < 1.29 is 4.74 Å². The number of likely N-dealkylation sites (tertiary alicyclic amines) is 1. The van der Waals surface area contributed by atoms with E-state index in [0.29, 0.717) is 6.04 Å². The molecule has 1 unspecified atom stereocenters. The third-order valence-corrected chi connectivity index (χ3v) is 5.38. The zero-order valence-corrected chi connectivity index (χ0v) is 16.2. The molecule has 1 atom stereocenters. The molecule has 0 spiro atoms. The van der Waals surface area contributed by atoms with Gasteiger partial charge < -0.3 is 9.30 Å². The van der Waals surface area contributed by atoms with Crippen LogP contribution in [0.4, 0.5) is 0 Å². The standard InChI is InChI=1S/C22H26N4O/c1-16-11-18(6-7-21(16)27-3)14-25-10-8-20(15-25)26-17(2)12-24-22(26)19-5-4-9-23-13-19/h4-7,9,11-13,20H,8,10,14-15H2,1-3H3. The number of pyridine rings is 1. The van der Waals surface area contributed by atoms with Gasteiger partial charge in [-0.05, 0) is 49.6 Å². The summed E-state index contributed by atoms with van der Waals surface area (Å²) in [5.41, 5.74) is 4.81. The molecule has 140 valence electrons. The molecule has 3 heterocycles. The quantitative estimate of drug-likeness (QED) is 0.688. The molecule has 1 fully saturated rings. The Balaban J connectivity index is 1.51. The number of ether oxygens (including phenoxy) is 1. The number of aryl methyl sites for hydroxylation is 2. The van der Waals surface area contributed by atoms with Gasteiger partial charge in [-0.25, -0.2) is 4.98 Å². The lowest BCUT2D eigenvalue weighted by atomic mass is 10.1. The Kier molecular flexibility index (Phi) is 4.94. The average molecular weight is 362 g/mol. The number of rotatable bonds is 5. The molecular formula is C22H26N4O. The minimum Gasteiger partial charge on any atom is -0.496 e. The van der Waals surface area contributed by atoms with Gasteiger partial charge in [0.25, 0.3) is 0 Å². The van der Waals surface area contributed by atoms with E-state index >= 15 is 0 Å². The summed E-state index contributed by atoms with van der Waals surface area (Å²) in [5, 5.41) is 0. The Labute approximate surface area is 160 Å². The Hall–Kier alpha value is -2.66. The zero-order valence-electron chi connectivity index (χ0n) is 16.2. The van der Waals surface area contributed by atoms with Crippen LogP contribution in [0.2, 0.25) is 0 Å². The molecule has 5 heteroatoms. The molecule has 0 N–H and O–H groups in total. The van der Waals surface area contributed by atoms with E-state index < -0.39 is 0 Å². The second-order valence-corrected chi connectivity index (χ2v) is 7.32. The Morgan fingerprint density at radius 1 is 1.19 bits per heavy atom. The minimum atomic E-state index is 0.446. The fraction of sp³-hybridized carbons (Fsp3) is 0.364. The summed E-state index contributed by atoms with van der Waals surface area (Å²) in [6.45, 7) is 7.35. The summed E-state index contributed by atoms with van der Waals surface area (Å²) >= 11 is 0. The first-order valence-electron chi connectivity index (χ1n) is 9.46. The van der Waals surface area contributed by atoms with Crippen LogP contribution in [0.15, 0.2) is 48.9 Å². The summed E-state index contributed by atoms with van der Waals surface area (Å²) in [6, 6.07) is 11.0. The van der Waals surface area contributed by atoms with Crippen LogP contribution in [0.1, 0.15) is 29.3 Å². The first-order chi connectivity index (χ1) is 13.2. The highest BCUT2D eigenvalue weighted by Crippen LogP contribution is 2.30. The van der Waals surface area contributed by atoms with Gasteiger partial charge in [-0.2, -0.15) is 0 Å². The van der Waals surface area contributed by atoms with E-state index in [4.69, 9.17) is 4.74 Å². The van der Waals surface area contributed by atoms with E-state index in [2.05, 4.69) is 57.5 Å². The third-order valence-electron chi connectivity index (χ3n) is 5.38. The van der Waals surface area contributed by atoms with Crippen LogP contribution in [0.3, 0.4) is 0 Å². The molecule has 0 aliphatic carbocycles. The maximum atomic E-state index is 5.38. The van der Waals surface area contributed by atoms with Crippen molar-refractivity contribution in [2.24, 2.45) is 0 Å². The monoisotopic (exact) mass is 362 g/mol. The van der Waals surface area contributed by atoms with Crippen LogP contribution in [0.5, 0.6) is 5.75 Å². The van der Waals surface area contributed by atoms with Crippen molar-refractivity contribution in [3.05, 3.63) is 65.7 Å². The smallest absolute Gasteiger partial charge is 0.141 e. The molecule has 1 aliphatic rings. The first-order valence-corrected chi connectivity index (χ1v) is 9.46. The zero-order chi connectivity index (χ0) is 18.8. The maximum absolute atomic E-state index is 5.38. The van der Waals surface area contributed by atoms with E-state index in [-0.39, 0.29) is 0 Å². The van der Waals surface area contributed by atoms with Gasteiger partial charge in [0.2, 0.25) is 0 Å². The van der Waals surface area contributed by atoms with Gasteiger partial charge in [-0.3, -0.25) is 9.88 Å². The van der Waals surface area contributed by atoms with E-state index in [9.17, 15) is 0 Å². The second-order valence-electron chi connectivity index (χ2n) is 7.32. The van der Waals surface area contributed by atoms with Crippen LogP contribution in [-0.2, 0) is 6.54 Å². The van der Waals surface area contributed by atoms with Crippen molar-refractivity contribution in [3.63, 3.8) is 0 Å². The van der Waals surface area contributed by atoms with Gasteiger partial charge in [-0.15, -0.1) is 0 Å². The summed E-state index contributed by atoms with van der Waals surface area (Å²) in [7, 11) is 1.72. The molecule has 0 bridgehead atoms. The normalized spacial score (nSPS) is 17.4. The molecule has 0 radical (unpaired) electrons. The number of methoxy groups -OCH3 is 1. The number of aromatic nitrogens is 3. The topological polar surface area (TPSA) is 43.2 Å². The lowest BCUT2D eigenvalue weighted by Crippen LogP contribution is -2.22. The van der Waals surface area contributed by atoms with Gasteiger partial charge >= 0.3 is 0 Å². The first kappa shape index (κ1) is 17.7. The van der Waals surface area contributed by atoms with Crippen LogP contribution in [0, 0.1) is 13.8 Å². The predicted molar refractivity (Wildman–Crippen MR) is 107 cm³/mol. The summed E-state index contributed by atoms with van der Waals surface area (Å²) in [4.78, 5) is 11.4. The van der Waals surface area contributed by atoms with Gasteiger partial charge in [-0.1, -0.05) is 12.1 Å². The molecule has 0 saturated carbocycles. The predicted octanol–water partition coefficient (Wildman–Crippen LogP) is 4.02. The van der Waals surface area contributed by atoms with Crippen molar-refractivity contribution in [2.75, 3.05) is 20.2 Å². The summed E-state index contributed by atoms with van der Waals surface area (Å²) < 4.78 is 7.76. The molecule has 1 aliphatic heterocycles.